The van der Waals surface area contributed by atoms with Crippen LogP contribution in [-0.4, -0.2) is 49.0 Å². The Hall–Kier alpha value is -2.65. The Balaban J connectivity index is 1.11. The van der Waals surface area contributed by atoms with Crippen molar-refractivity contribution in [2.75, 3.05) is 18.4 Å². The summed E-state index contributed by atoms with van der Waals surface area (Å²) in [6, 6.07) is 2.37. The van der Waals surface area contributed by atoms with Gasteiger partial charge in [0.05, 0.1) is 16.3 Å². The average molecular weight is 464 g/mol. The molecule has 0 saturated heterocycles. The quantitative estimate of drug-likeness (QED) is 0.567. The van der Waals surface area contributed by atoms with Gasteiger partial charge in [-0.3, -0.25) is 4.90 Å². The van der Waals surface area contributed by atoms with Crippen LogP contribution in [0.3, 0.4) is 0 Å². The monoisotopic (exact) mass is 463 g/mol. The number of nitrogens with zero attached hydrogens (tertiary/aromatic N) is 6. The molecule has 172 valence electrons. The highest BCUT2D eigenvalue weighted by atomic mass is 32.1. The summed E-state index contributed by atoms with van der Waals surface area (Å²) in [6.45, 7) is 5.21. The Labute approximate surface area is 197 Å². The molecule has 2 fully saturated rings. The molecule has 0 unspecified atom stereocenters. The van der Waals surface area contributed by atoms with E-state index >= 15 is 0 Å². The molecule has 3 aliphatic rings. The first-order valence-corrected chi connectivity index (χ1v) is 12.8. The molecule has 2 saturated carbocycles. The maximum absolute atomic E-state index is 6.13. The lowest BCUT2D eigenvalue weighted by Gasteiger charge is -2.28. The predicted molar refractivity (Wildman–Crippen MR) is 128 cm³/mol. The summed E-state index contributed by atoms with van der Waals surface area (Å²) in [6.07, 6.45) is 14.3. The van der Waals surface area contributed by atoms with Gasteiger partial charge in [0.25, 0.3) is 0 Å². The van der Waals surface area contributed by atoms with Crippen LogP contribution in [-0.2, 0) is 13.0 Å². The first-order valence-electron chi connectivity index (χ1n) is 12.0. The van der Waals surface area contributed by atoms with E-state index in [1.54, 1.807) is 6.20 Å². The van der Waals surface area contributed by atoms with E-state index in [1.807, 2.05) is 18.5 Å². The van der Waals surface area contributed by atoms with Crippen LogP contribution in [0.5, 0.6) is 6.01 Å². The normalized spacial score (nSPS) is 19.9. The third-order valence-corrected chi connectivity index (χ3v) is 8.23. The number of fused-ring (bicyclic) bond motifs is 1. The Morgan fingerprint density at radius 1 is 1.12 bits per heavy atom. The van der Waals surface area contributed by atoms with Crippen LogP contribution < -0.4 is 10.1 Å². The molecule has 6 rings (SSSR count). The molecule has 4 heterocycles. The second-order valence-electron chi connectivity index (χ2n) is 9.48. The van der Waals surface area contributed by atoms with E-state index in [0.29, 0.717) is 17.4 Å². The summed E-state index contributed by atoms with van der Waals surface area (Å²) in [5, 5.41) is 4.01. The largest absolute Gasteiger partial charge is 0.460 e. The van der Waals surface area contributed by atoms with Gasteiger partial charge in [-0.25, -0.2) is 19.9 Å². The lowest BCUT2D eigenvalue weighted by molar-refractivity contribution is 0.114. The number of ether oxygens (including phenoxy) is 1. The van der Waals surface area contributed by atoms with Crippen LogP contribution in [0.2, 0.25) is 0 Å². The molecular formula is C24H29N7OS. The fraction of sp³-hybridized carbons (Fsp3) is 0.542. The number of anilines is 2. The van der Waals surface area contributed by atoms with Crippen molar-refractivity contribution in [1.29, 1.82) is 0 Å². The molecule has 1 N–H and O–H groups in total. The van der Waals surface area contributed by atoms with Gasteiger partial charge in [-0.05, 0) is 56.6 Å². The molecular weight excluding hydrogens is 434 g/mol. The summed E-state index contributed by atoms with van der Waals surface area (Å²) < 4.78 is 6.13. The second-order valence-corrected chi connectivity index (χ2v) is 10.5. The molecule has 9 heteroatoms. The number of rotatable bonds is 6. The third kappa shape index (κ3) is 4.56. The third-order valence-electron chi connectivity index (χ3n) is 7.29. The number of hydrogen-bond donors (Lipinski definition) is 1. The minimum absolute atomic E-state index is 0.232. The number of likely N-dealkylation sites (N-methyl/N-ethyl adjacent to an activating group) is 1. The SMILES string of the molecule is CCN1CCc2nc(Nc3ncc(-c4ccnc(OC5CCC6(CC5)CC6)n4)s3)ncc2C1. The van der Waals surface area contributed by atoms with E-state index in [4.69, 9.17) is 9.72 Å². The van der Waals surface area contributed by atoms with Crippen LogP contribution in [0, 0.1) is 5.41 Å². The van der Waals surface area contributed by atoms with Crippen molar-refractivity contribution in [3.05, 3.63) is 35.9 Å². The van der Waals surface area contributed by atoms with E-state index in [0.717, 1.165) is 60.3 Å². The van der Waals surface area contributed by atoms with Crippen molar-refractivity contribution < 1.29 is 4.74 Å². The predicted octanol–water partition coefficient (Wildman–Crippen LogP) is 4.61. The summed E-state index contributed by atoms with van der Waals surface area (Å²) >= 11 is 1.53. The van der Waals surface area contributed by atoms with Gasteiger partial charge >= 0.3 is 6.01 Å². The zero-order valence-electron chi connectivity index (χ0n) is 19.0. The van der Waals surface area contributed by atoms with Gasteiger partial charge < -0.3 is 10.1 Å². The van der Waals surface area contributed by atoms with Gasteiger partial charge in [-0.2, -0.15) is 4.98 Å². The van der Waals surface area contributed by atoms with Crippen LogP contribution >= 0.6 is 11.3 Å². The molecule has 1 aliphatic heterocycles. The van der Waals surface area contributed by atoms with Gasteiger partial charge in [0, 0.05) is 43.7 Å². The van der Waals surface area contributed by atoms with Gasteiger partial charge in [-0.1, -0.05) is 18.3 Å². The molecule has 3 aromatic rings. The number of thiazole rings is 1. The Bertz CT molecular complexity index is 1140. The Morgan fingerprint density at radius 3 is 2.82 bits per heavy atom. The standard InChI is InChI=1S/C24H29N7OS/c1-2-31-12-6-18-16(15-31)13-26-21(28-18)30-23-27-14-20(33-23)19-5-11-25-22(29-19)32-17-3-7-24(8-4-17)9-10-24/h5,11,13-14,17H,2-4,6-10,12,15H2,1H3,(H,26,27,28,30). The smallest absolute Gasteiger partial charge is 0.317 e. The summed E-state index contributed by atoms with van der Waals surface area (Å²) in [4.78, 5) is 26.1. The Morgan fingerprint density at radius 2 is 2.00 bits per heavy atom. The van der Waals surface area contributed by atoms with Crippen LogP contribution in [0.1, 0.15) is 56.7 Å². The lowest BCUT2D eigenvalue weighted by Crippen LogP contribution is -2.31. The van der Waals surface area contributed by atoms with Gasteiger partial charge in [0.2, 0.25) is 5.95 Å². The maximum Gasteiger partial charge on any atom is 0.317 e. The summed E-state index contributed by atoms with van der Waals surface area (Å²) in [7, 11) is 0. The molecule has 8 nitrogen and oxygen atoms in total. The van der Waals surface area contributed by atoms with E-state index in [1.165, 1.54) is 42.6 Å². The maximum atomic E-state index is 6.13. The van der Waals surface area contributed by atoms with Crippen molar-refractivity contribution >= 4 is 22.4 Å². The fourth-order valence-corrected chi connectivity index (χ4v) is 5.71. The van der Waals surface area contributed by atoms with Gasteiger partial charge in [0.1, 0.15) is 6.10 Å². The number of hydrogen-bond acceptors (Lipinski definition) is 9. The first-order chi connectivity index (χ1) is 16.2. The number of nitrogens with one attached hydrogen (secondary N) is 1. The van der Waals surface area contributed by atoms with E-state index in [-0.39, 0.29) is 6.10 Å². The first kappa shape index (κ1) is 20.9. The van der Waals surface area contributed by atoms with E-state index < -0.39 is 0 Å². The van der Waals surface area contributed by atoms with Crippen LogP contribution in [0.25, 0.3) is 10.6 Å². The summed E-state index contributed by atoms with van der Waals surface area (Å²) in [5.74, 6) is 0.594. The van der Waals surface area contributed by atoms with Gasteiger partial charge in [-0.15, -0.1) is 0 Å². The van der Waals surface area contributed by atoms with E-state index in [9.17, 15) is 0 Å². The molecule has 0 bridgehead atoms. The highest BCUT2D eigenvalue weighted by molar-refractivity contribution is 7.18. The topological polar surface area (TPSA) is 89.0 Å². The molecule has 0 amide bonds. The molecule has 0 radical (unpaired) electrons. The van der Waals surface area contributed by atoms with Crippen molar-refractivity contribution in [1.82, 2.24) is 29.8 Å². The molecule has 2 aliphatic carbocycles. The van der Waals surface area contributed by atoms with Crippen LogP contribution in [0.4, 0.5) is 11.1 Å². The molecule has 0 atom stereocenters. The fourth-order valence-electron chi connectivity index (χ4n) is 4.93. The molecule has 3 aromatic heterocycles. The molecule has 33 heavy (non-hydrogen) atoms. The van der Waals surface area contributed by atoms with Gasteiger partial charge in [0.15, 0.2) is 5.13 Å². The van der Waals surface area contributed by atoms with Crippen molar-refractivity contribution in [3.8, 4) is 16.6 Å². The minimum atomic E-state index is 0.232. The number of aromatic nitrogens is 5. The van der Waals surface area contributed by atoms with Crippen molar-refractivity contribution in [3.63, 3.8) is 0 Å². The Kier molecular flexibility index (Phi) is 5.46. The summed E-state index contributed by atoms with van der Waals surface area (Å²) in [5.41, 5.74) is 3.83. The zero-order chi connectivity index (χ0) is 22.3. The van der Waals surface area contributed by atoms with Crippen molar-refractivity contribution in [2.24, 2.45) is 5.41 Å². The van der Waals surface area contributed by atoms with Crippen molar-refractivity contribution in [2.45, 2.75) is 64.5 Å². The molecule has 1 spiro atoms. The van der Waals surface area contributed by atoms with Crippen LogP contribution in [0.15, 0.2) is 24.7 Å². The molecule has 0 aromatic carbocycles. The second kappa shape index (κ2) is 8.61. The average Bonchev–Trinajstić information content (AvgIpc) is 3.45. The zero-order valence-corrected chi connectivity index (χ0v) is 19.8. The minimum Gasteiger partial charge on any atom is -0.460 e. The highest BCUT2D eigenvalue weighted by Crippen LogP contribution is 2.56. The highest BCUT2D eigenvalue weighted by Gasteiger charge is 2.45. The lowest BCUT2D eigenvalue weighted by atomic mass is 9.85. The van der Waals surface area contributed by atoms with E-state index in [2.05, 4.69) is 37.1 Å².